The number of aliphatic imine (C=N–C) groups is 1. The van der Waals surface area contributed by atoms with Gasteiger partial charge in [-0.15, -0.1) is 0 Å². The van der Waals surface area contributed by atoms with E-state index in [0.29, 0.717) is 0 Å². The van der Waals surface area contributed by atoms with Gasteiger partial charge in [0.05, 0.1) is 5.69 Å². The molecule has 0 unspecified atom stereocenters. The number of rotatable bonds is 5. The van der Waals surface area contributed by atoms with Crippen LogP contribution in [0.15, 0.2) is 29.3 Å². The third kappa shape index (κ3) is 4.58. The lowest BCUT2D eigenvalue weighted by molar-refractivity contribution is 0.254. The van der Waals surface area contributed by atoms with E-state index in [1.807, 2.05) is 12.1 Å². The van der Waals surface area contributed by atoms with Gasteiger partial charge in [-0.2, -0.15) is 0 Å². The summed E-state index contributed by atoms with van der Waals surface area (Å²) in [6.45, 7) is 7.73. The highest BCUT2D eigenvalue weighted by molar-refractivity contribution is 5.80. The van der Waals surface area contributed by atoms with Gasteiger partial charge in [-0.05, 0) is 31.5 Å². The first-order chi connectivity index (χ1) is 11.3. The standard InChI is InChI=1S/C17H26FN5/c18-15-5-1-2-6-16(15)23-13-11-22(12-14-23)10-4-9-21-17-19-7-3-8-20-17/h1-2,5-6H,3-4,7-14H2,(H2,19,20,21). The van der Waals surface area contributed by atoms with E-state index in [1.165, 1.54) is 6.07 Å². The van der Waals surface area contributed by atoms with Gasteiger partial charge >= 0.3 is 0 Å². The molecule has 2 aliphatic heterocycles. The first kappa shape index (κ1) is 16.1. The van der Waals surface area contributed by atoms with E-state index in [2.05, 4.69) is 25.4 Å². The molecule has 0 radical (unpaired) electrons. The molecule has 2 N–H and O–H groups in total. The molecule has 0 spiro atoms. The predicted octanol–water partition coefficient (Wildman–Crippen LogP) is 1.28. The molecule has 3 rings (SSSR count). The molecule has 1 fully saturated rings. The Hall–Kier alpha value is -1.82. The van der Waals surface area contributed by atoms with Crippen molar-refractivity contribution in [2.24, 2.45) is 4.99 Å². The lowest BCUT2D eigenvalue weighted by atomic mass is 10.2. The Bertz CT molecular complexity index is 525. The number of anilines is 1. The van der Waals surface area contributed by atoms with Crippen LogP contribution in [0.1, 0.15) is 12.8 Å². The number of guanidine groups is 1. The van der Waals surface area contributed by atoms with Gasteiger partial charge in [-0.25, -0.2) is 4.39 Å². The number of benzene rings is 1. The highest BCUT2D eigenvalue weighted by Gasteiger charge is 2.18. The van der Waals surface area contributed by atoms with Gasteiger partial charge in [-0.1, -0.05) is 12.1 Å². The van der Waals surface area contributed by atoms with Crippen molar-refractivity contribution in [3.05, 3.63) is 30.1 Å². The van der Waals surface area contributed by atoms with Gasteiger partial charge in [0.25, 0.3) is 0 Å². The minimum absolute atomic E-state index is 0.120. The molecule has 1 saturated heterocycles. The first-order valence-electron chi connectivity index (χ1n) is 8.57. The zero-order valence-electron chi connectivity index (χ0n) is 13.6. The molecule has 126 valence electrons. The molecule has 0 aliphatic carbocycles. The Kier molecular flexibility index (Phi) is 5.69. The fourth-order valence-electron chi connectivity index (χ4n) is 3.08. The molecule has 1 aromatic rings. The normalized spacial score (nSPS) is 19.2. The van der Waals surface area contributed by atoms with Crippen molar-refractivity contribution in [3.8, 4) is 0 Å². The summed E-state index contributed by atoms with van der Waals surface area (Å²) in [5.74, 6) is 0.825. The van der Waals surface area contributed by atoms with Crippen LogP contribution in [0.5, 0.6) is 0 Å². The molecule has 23 heavy (non-hydrogen) atoms. The van der Waals surface area contributed by atoms with Crippen LogP contribution in [0, 0.1) is 5.82 Å². The van der Waals surface area contributed by atoms with Crippen molar-refractivity contribution in [3.63, 3.8) is 0 Å². The van der Waals surface area contributed by atoms with E-state index in [-0.39, 0.29) is 5.82 Å². The summed E-state index contributed by atoms with van der Waals surface area (Å²) in [7, 11) is 0. The summed E-state index contributed by atoms with van der Waals surface area (Å²) < 4.78 is 13.8. The molecule has 6 heteroatoms. The highest BCUT2D eigenvalue weighted by atomic mass is 19.1. The van der Waals surface area contributed by atoms with Crippen LogP contribution in [0.3, 0.4) is 0 Å². The molecule has 0 atom stereocenters. The smallest absolute Gasteiger partial charge is 0.191 e. The SMILES string of the molecule is Fc1ccccc1N1CCN(CCCNC2=NCCCN2)CC1. The van der Waals surface area contributed by atoms with E-state index in [0.717, 1.165) is 76.8 Å². The van der Waals surface area contributed by atoms with Gasteiger partial charge in [0.15, 0.2) is 5.96 Å². The molecule has 2 aliphatic rings. The van der Waals surface area contributed by atoms with Crippen molar-refractivity contribution in [2.75, 3.05) is 57.3 Å². The molecule has 5 nitrogen and oxygen atoms in total. The fraction of sp³-hybridized carbons (Fsp3) is 0.588. The number of piperazine rings is 1. The Morgan fingerprint density at radius 1 is 1.17 bits per heavy atom. The zero-order valence-corrected chi connectivity index (χ0v) is 13.6. The van der Waals surface area contributed by atoms with E-state index in [1.54, 1.807) is 6.07 Å². The first-order valence-corrected chi connectivity index (χ1v) is 8.57. The second-order valence-electron chi connectivity index (χ2n) is 6.07. The fourth-order valence-corrected chi connectivity index (χ4v) is 3.08. The molecule has 0 saturated carbocycles. The average Bonchev–Trinajstić information content (AvgIpc) is 2.61. The van der Waals surface area contributed by atoms with Crippen LogP contribution >= 0.6 is 0 Å². The Labute approximate surface area is 137 Å². The monoisotopic (exact) mass is 319 g/mol. The molecule has 0 amide bonds. The van der Waals surface area contributed by atoms with Crippen molar-refractivity contribution < 1.29 is 4.39 Å². The quantitative estimate of drug-likeness (QED) is 0.803. The summed E-state index contributed by atoms with van der Waals surface area (Å²) >= 11 is 0. The Balaban J connectivity index is 1.35. The van der Waals surface area contributed by atoms with E-state index in [9.17, 15) is 4.39 Å². The summed E-state index contributed by atoms with van der Waals surface area (Å²) in [6, 6.07) is 7.05. The van der Waals surface area contributed by atoms with Crippen molar-refractivity contribution in [1.29, 1.82) is 0 Å². The van der Waals surface area contributed by atoms with Crippen molar-refractivity contribution in [2.45, 2.75) is 12.8 Å². The number of nitrogens with zero attached hydrogens (tertiary/aromatic N) is 3. The topological polar surface area (TPSA) is 42.9 Å². The Morgan fingerprint density at radius 3 is 2.74 bits per heavy atom. The van der Waals surface area contributed by atoms with Gasteiger partial charge in [-0.3, -0.25) is 9.89 Å². The predicted molar refractivity (Wildman–Crippen MR) is 92.6 cm³/mol. The summed E-state index contributed by atoms with van der Waals surface area (Å²) in [6.07, 6.45) is 2.22. The average molecular weight is 319 g/mol. The van der Waals surface area contributed by atoms with Gasteiger partial charge in [0.1, 0.15) is 5.82 Å². The van der Waals surface area contributed by atoms with Crippen molar-refractivity contribution >= 4 is 11.6 Å². The number of nitrogens with one attached hydrogen (secondary N) is 2. The maximum Gasteiger partial charge on any atom is 0.191 e. The van der Waals surface area contributed by atoms with Gasteiger partial charge in [0, 0.05) is 45.8 Å². The van der Waals surface area contributed by atoms with E-state index >= 15 is 0 Å². The van der Waals surface area contributed by atoms with Gasteiger partial charge < -0.3 is 15.5 Å². The third-order valence-electron chi connectivity index (χ3n) is 4.41. The number of halogens is 1. The van der Waals surface area contributed by atoms with Crippen LogP contribution in [0.25, 0.3) is 0 Å². The molecule has 0 aromatic heterocycles. The maximum atomic E-state index is 13.8. The lowest BCUT2D eigenvalue weighted by Crippen LogP contribution is -2.47. The largest absolute Gasteiger partial charge is 0.367 e. The van der Waals surface area contributed by atoms with Crippen LogP contribution in [0.4, 0.5) is 10.1 Å². The molecule has 1 aromatic carbocycles. The molecule has 2 heterocycles. The maximum absolute atomic E-state index is 13.8. The lowest BCUT2D eigenvalue weighted by Gasteiger charge is -2.36. The van der Waals surface area contributed by atoms with Crippen LogP contribution in [-0.2, 0) is 0 Å². The second kappa shape index (κ2) is 8.15. The molecule has 0 bridgehead atoms. The summed E-state index contributed by atoms with van der Waals surface area (Å²) in [4.78, 5) is 9.00. The number of hydrogen-bond donors (Lipinski definition) is 2. The second-order valence-corrected chi connectivity index (χ2v) is 6.07. The van der Waals surface area contributed by atoms with E-state index in [4.69, 9.17) is 0 Å². The highest BCUT2D eigenvalue weighted by Crippen LogP contribution is 2.20. The third-order valence-corrected chi connectivity index (χ3v) is 4.41. The molecular formula is C17H26FN5. The van der Waals surface area contributed by atoms with Crippen molar-refractivity contribution in [1.82, 2.24) is 15.5 Å². The summed E-state index contributed by atoms with van der Waals surface area (Å²) in [5, 5.41) is 6.63. The minimum Gasteiger partial charge on any atom is -0.367 e. The number of hydrogen-bond acceptors (Lipinski definition) is 5. The zero-order chi connectivity index (χ0) is 15.9. The summed E-state index contributed by atoms with van der Waals surface area (Å²) in [5.41, 5.74) is 0.732. The van der Waals surface area contributed by atoms with Crippen LogP contribution < -0.4 is 15.5 Å². The van der Waals surface area contributed by atoms with Crippen LogP contribution in [-0.4, -0.2) is 63.2 Å². The minimum atomic E-state index is -0.120. The molecular weight excluding hydrogens is 293 g/mol. The van der Waals surface area contributed by atoms with Gasteiger partial charge in [0.2, 0.25) is 0 Å². The van der Waals surface area contributed by atoms with E-state index < -0.39 is 0 Å². The Morgan fingerprint density at radius 2 is 2.00 bits per heavy atom. The number of para-hydroxylation sites is 1. The van der Waals surface area contributed by atoms with Crippen LogP contribution in [0.2, 0.25) is 0 Å².